The summed E-state index contributed by atoms with van der Waals surface area (Å²) in [5.41, 5.74) is 17.1. The monoisotopic (exact) mass is 564 g/mol. The topological polar surface area (TPSA) is 87.6 Å². The number of fused-ring (bicyclic) bond motifs is 1. The number of rotatable bonds is 14. The summed E-state index contributed by atoms with van der Waals surface area (Å²) in [5, 5.41) is 0. The van der Waals surface area contributed by atoms with Crippen molar-refractivity contribution in [1.29, 1.82) is 0 Å². The largest absolute Gasteiger partial charge is 0.490 e. The minimum Gasteiger partial charge on any atom is -0.490 e. The molecule has 4 N–H and O–H groups in total. The Kier molecular flexibility index (Phi) is 12.0. The molecule has 0 saturated heterocycles. The quantitative estimate of drug-likeness (QED) is 0.136. The van der Waals surface area contributed by atoms with E-state index in [1.165, 1.54) is 51.4 Å². The van der Waals surface area contributed by atoms with Crippen LogP contribution in [0.3, 0.4) is 0 Å². The van der Waals surface area contributed by atoms with E-state index in [0.29, 0.717) is 28.6 Å². The van der Waals surface area contributed by atoms with Crippen molar-refractivity contribution in [3.05, 3.63) is 46.0 Å². The van der Waals surface area contributed by atoms with Crippen LogP contribution in [-0.2, 0) is 6.42 Å². The van der Waals surface area contributed by atoms with Gasteiger partial charge in [0, 0.05) is 16.9 Å². The lowest BCUT2D eigenvalue weighted by Gasteiger charge is -2.35. The first-order chi connectivity index (χ1) is 19.4. The molecular weight excluding hydrogens is 508 g/mol. The van der Waals surface area contributed by atoms with Crippen LogP contribution in [0.15, 0.2) is 18.2 Å². The number of carbonyl (C=O) groups is 1. The lowest BCUT2D eigenvalue weighted by Crippen LogP contribution is -2.32. The van der Waals surface area contributed by atoms with E-state index in [4.69, 9.17) is 20.9 Å². The van der Waals surface area contributed by atoms with E-state index < -0.39 is 5.97 Å². The highest BCUT2D eigenvalue weighted by atomic mass is 16.5. The third-order valence-electron chi connectivity index (χ3n) is 9.21. The van der Waals surface area contributed by atoms with Gasteiger partial charge in [-0.2, -0.15) is 0 Å². The molecule has 41 heavy (non-hydrogen) atoms. The number of esters is 1. The molecule has 228 valence electrons. The molecule has 2 aromatic carbocycles. The predicted octanol–water partition coefficient (Wildman–Crippen LogP) is 9.37. The van der Waals surface area contributed by atoms with Crippen LogP contribution in [0.2, 0.25) is 0 Å². The zero-order chi connectivity index (χ0) is 30.3. The highest BCUT2D eigenvalue weighted by Crippen LogP contribution is 2.44. The Balaban J connectivity index is 1.55. The molecule has 1 aliphatic rings. The lowest BCUT2D eigenvalue weighted by atomic mass is 9.84. The standard InChI is InChI=1S/C36H56N2O3/c1-22(2)12-9-13-23(3)14-10-15-24(4)16-11-17-33-25(5)18-32-28(8)34(26(6)27(7)35(32)40-33)41-36(39)29-19-30(37)21-31(38)20-29/h19-25,33H,9-18,37-38H2,1-8H3. The summed E-state index contributed by atoms with van der Waals surface area (Å²) in [6.07, 6.45) is 12.9. The first-order valence-electron chi connectivity index (χ1n) is 16.0. The number of nitrogens with two attached hydrogens (primary N) is 2. The first kappa shape index (κ1) is 32.8. The summed E-state index contributed by atoms with van der Waals surface area (Å²) >= 11 is 0. The molecule has 5 heteroatoms. The number of carbonyl (C=O) groups excluding carboxylic acids is 1. The maximum absolute atomic E-state index is 13.0. The maximum atomic E-state index is 13.0. The summed E-state index contributed by atoms with van der Waals surface area (Å²) in [6.45, 7) is 17.9. The second kappa shape index (κ2) is 15.0. The number of hydrogen-bond donors (Lipinski definition) is 2. The molecular formula is C36H56N2O3. The molecule has 2 aromatic rings. The molecule has 0 spiro atoms. The number of hydrogen-bond acceptors (Lipinski definition) is 5. The van der Waals surface area contributed by atoms with Crippen LogP contribution in [0.4, 0.5) is 11.4 Å². The van der Waals surface area contributed by atoms with E-state index in [9.17, 15) is 4.79 Å². The maximum Gasteiger partial charge on any atom is 0.343 e. The van der Waals surface area contributed by atoms with Gasteiger partial charge in [0.1, 0.15) is 17.6 Å². The Morgan fingerprint density at radius 3 is 2.00 bits per heavy atom. The van der Waals surface area contributed by atoms with Gasteiger partial charge in [0.15, 0.2) is 0 Å². The lowest BCUT2D eigenvalue weighted by molar-refractivity contribution is 0.0729. The normalized spacial score (nSPS) is 18.1. The molecule has 0 aliphatic carbocycles. The van der Waals surface area contributed by atoms with E-state index in [2.05, 4.69) is 41.5 Å². The molecule has 1 aliphatic heterocycles. The van der Waals surface area contributed by atoms with Crippen LogP contribution < -0.4 is 20.9 Å². The summed E-state index contributed by atoms with van der Waals surface area (Å²) in [4.78, 5) is 13.0. The number of anilines is 2. The van der Waals surface area contributed by atoms with E-state index in [0.717, 1.165) is 58.6 Å². The number of ether oxygens (including phenoxy) is 2. The second-order valence-corrected chi connectivity index (χ2v) is 13.5. The molecule has 0 saturated carbocycles. The van der Waals surface area contributed by atoms with Crippen LogP contribution in [0, 0.1) is 44.4 Å². The van der Waals surface area contributed by atoms with Gasteiger partial charge in [-0.1, -0.05) is 79.6 Å². The van der Waals surface area contributed by atoms with Crippen molar-refractivity contribution in [2.75, 3.05) is 11.5 Å². The van der Waals surface area contributed by atoms with Gasteiger partial charge in [0.25, 0.3) is 0 Å². The van der Waals surface area contributed by atoms with E-state index in [1.807, 2.05) is 13.8 Å². The molecule has 3 rings (SSSR count). The van der Waals surface area contributed by atoms with E-state index in [-0.39, 0.29) is 6.10 Å². The van der Waals surface area contributed by atoms with Crippen LogP contribution >= 0.6 is 0 Å². The van der Waals surface area contributed by atoms with Gasteiger partial charge in [0.2, 0.25) is 0 Å². The summed E-state index contributed by atoms with van der Waals surface area (Å²) in [5.74, 6) is 4.00. The predicted molar refractivity (Wildman–Crippen MR) is 173 cm³/mol. The summed E-state index contributed by atoms with van der Waals surface area (Å²) in [7, 11) is 0. The summed E-state index contributed by atoms with van der Waals surface area (Å²) in [6, 6.07) is 4.82. The Morgan fingerprint density at radius 1 is 0.854 bits per heavy atom. The zero-order valence-corrected chi connectivity index (χ0v) is 27.1. The van der Waals surface area contributed by atoms with Crippen molar-refractivity contribution in [3.8, 4) is 11.5 Å². The van der Waals surface area contributed by atoms with Crippen LogP contribution in [0.5, 0.6) is 11.5 Å². The minimum absolute atomic E-state index is 0.219. The van der Waals surface area contributed by atoms with Gasteiger partial charge in [0.05, 0.1) is 5.56 Å². The van der Waals surface area contributed by atoms with Gasteiger partial charge in [-0.3, -0.25) is 0 Å². The molecule has 4 atom stereocenters. The Labute approximate surface area is 249 Å². The van der Waals surface area contributed by atoms with Gasteiger partial charge in [-0.05, 0) is 98.6 Å². The fourth-order valence-electron chi connectivity index (χ4n) is 6.37. The van der Waals surface area contributed by atoms with Crippen molar-refractivity contribution in [2.45, 2.75) is 126 Å². The van der Waals surface area contributed by atoms with Gasteiger partial charge in [-0.15, -0.1) is 0 Å². The van der Waals surface area contributed by atoms with Crippen molar-refractivity contribution in [3.63, 3.8) is 0 Å². The van der Waals surface area contributed by atoms with Crippen LogP contribution in [0.25, 0.3) is 0 Å². The Bertz CT molecular complexity index is 1150. The molecule has 0 radical (unpaired) electrons. The molecule has 0 bridgehead atoms. The molecule has 5 nitrogen and oxygen atoms in total. The third-order valence-corrected chi connectivity index (χ3v) is 9.21. The molecule has 0 fully saturated rings. The van der Waals surface area contributed by atoms with Gasteiger partial charge >= 0.3 is 5.97 Å². The summed E-state index contributed by atoms with van der Waals surface area (Å²) < 4.78 is 12.6. The SMILES string of the molecule is Cc1c(C)c2c(c(C)c1OC(=O)c1cc(N)cc(N)c1)CC(C)C(CCCC(C)CCCC(C)CCCC(C)C)O2. The molecule has 0 amide bonds. The highest BCUT2D eigenvalue weighted by molar-refractivity contribution is 5.93. The van der Waals surface area contributed by atoms with Crippen LogP contribution in [0.1, 0.15) is 125 Å². The van der Waals surface area contributed by atoms with Gasteiger partial charge < -0.3 is 20.9 Å². The Morgan fingerprint density at radius 2 is 1.41 bits per heavy atom. The number of benzene rings is 2. The fourth-order valence-corrected chi connectivity index (χ4v) is 6.37. The van der Waals surface area contributed by atoms with Crippen molar-refractivity contribution in [1.82, 2.24) is 0 Å². The minimum atomic E-state index is -0.452. The average Bonchev–Trinajstić information content (AvgIpc) is 2.89. The number of nitrogen functional groups attached to an aromatic ring is 2. The van der Waals surface area contributed by atoms with Crippen molar-refractivity contribution < 1.29 is 14.3 Å². The molecule has 1 heterocycles. The molecule has 4 unspecified atom stereocenters. The highest BCUT2D eigenvalue weighted by Gasteiger charge is 2.32. The smallest absolute Gasteiger partial charge is 0.343 e. The zero-order valence-electron chi connectivity index (χ0n) is 27.1. The second-order valence-electron chi connectivity index (χ2n) is 13.5. The third kappa shape index (κ3) is 9.15. The first-order valence-corrected chi connectivity index (χ1v) is 16.0. The Hall–Kier alpha value is -2.69. The van der Waals surface area contributed by atoms with Crippen LogP contribution in [-0.4, -0.2) is 12.1 Å². The van der Waals surface area contributed by atoms with Crippen molar-refractivity contribution >= 4 is 17.3 Å². The fraction of sp³-hybridized carbons (Fsp3) is 0.639. The average molecular weight is 565 g/mol. The molecule has 0 aromatic heterocycles. The van der Waals surface area contributed by atoms with Crippen molar-refractivity contribution in [2.24, 2.45) is 23.7 Å². The van der Waals surface area contributed by atoms with E-state index in [1.54, 1.807) is 18.2 Å². The van der Waals surface area contributed by atoms with Gasteiger partial charge in [-0.25, -0.2) is 4.79 Å². The van der Waals surface area contributed by atoms with E-state index >= 15 is 0 Å².